The van der Waals surface area contributed by atoms with E-state index in [4.69, 9.17) is 11.3 Å². The molecule has 0 aromatic heterocycles. The Hall–Kier alpha value is -1.82. The van der Waals surface area contributed by atoms with Crippen molar-refractivity contribution in [2.45, 2.75) is 13.3 Å². The van der Waals surface area contributed by atoms with Crippen LogP contribution in [0.3, 0.4) is 0 Å². The van der Waals surface area contributed by atoms with Crippen LogP contribution in [0.25, 0.3) is 4.85 Å². The molecule has 14 heavy (non-hydrogen) atoms. The summed E-state index contributed by atoms with van der Waals surface area (Å²) in [7, 11) is 0. The van der Waals surface area contributed by atoms with Crippen LogP contribution in [0.15, 0.2) is 24.3 Å². The number of para-hydroxylation sites is 1. The van der Waals surface area contributed by atoms with Crippen LogP contribution < -0.4 is 0 Å². The number of hydrogen-bond acceptors (Lipinski definition) is 2. The zero-order valence-electron chi connectivity index (χ0n) is 7.99. The number of ether oxygens (including phenoxy) is 1. The van der Waals surface area contributed by atoms with Crippen molar-refractivity contribution in [2.75, 3.05) is 6.61 Å². The number of carbonyl (C=O) groups is 1. The minimum Gasteiger partial charge on any atom is -0.463 e. The summed E-state index contributed by atoms with van der Waals surface area (Å²) in [6.07, 6.45) is 0.784. The zero-order valence-corrected chi connectivity index (χ0v) is 7.99. The average molecular weight is 189 g/mol. The van der Waals surface area contributed by atoms with E-state index in [-0.39, 0.29) is 0 Å². The highest BCUT2D eigenvalue weighted by Crippen LogP contribution is 2.19. The van der Waals surface area contributed by atoms with Crippen LogP contribution >= 0.6 is 0 Å². The smallest absolute Gasteiger partial charge is 0.327 e. The maximum atomic E-state index is 11.4. The van der Waals surface area contributed by atoms with Crippen LogP contribution in [-0.4, -0.2) is 12.6 Å². The molecule has 0 aliphatic rings. The van der Waals surface area contributed by atoms with Gasteiger partial charge in [-0.25, -0.2) is 9.64 Å². The maximum absolute atomic E-state index is 11.4. The Morgan fingerprint density at radius 3 is 2.86 bits per heavy atom. The van der Waals surface area contributed by atoms with E-state index < -0.39 is 5.97 Å². The van der Waals surface area contributed by atoms with E-state index in [1.165, 1.54) is 0 Å². The quantitative estimate of drug-likeness (QED) is 0.540. The number of rotatable bonds is 3. The highest BCUT2D eigenvalue weighted by molar-refractivity contribution is 5.95. The van der Waals surface area contributed by atoms with Crippen molar-refractivity contribution in [1.29, 1.82) is 0 Å². The normalized spacial score (nSPS) is 9.14. The Morgan fingerprint density at radius 1 is 1.50 bits per heavy atom. The molecule has 0 unspecified atom stereocenters. The molecular formula is C11H11NO2. The van der Waals surface area contributed by atoms with Crippen LogP contribution in [0.1, 0.15) is 23.7 Å². The van der Waals surface area contributed by atoms with Crippen molar-refractivity contribution in [3.63, 3.8) is 0 Å². The fraction of sp³-hybridized carbons (Fsp3) is 0.273. The monoisotopic (exact) mass is 189 g/mol. The molecule has 72 valence electrons. The number of benzene rings is 1. The summed E-state index contributed by atoms with van der Waals surface area (Å²) in [6, 6.07) is 6.65. The Labute approximate surface area is 83.1 Å². The standard InChI is InChI=1S/C11H11NO2/c1-3-8-14-11(13)9-6-4-5-7-10(9)12-2/h4-7H,3,8H2,1H3. The number of esters is 1. The molecule has 0 aliphatic heterocycles. The van der Waals surface area contributed by atoms with Crippen LogP contribution in [0.2, 0.25) is 0 Å². The van der Waals surface area contributed by atoms with Crippen molar-refractivity contribution < 1.29 is 9.53 Å². The summed E-state index contributed by atoms with van der Waals surface area (Å²) in [5, 5.41) is 0. The van der Waals surface area contributed by atoms with Crippen molar-refractivity contribution in [3.8, 4) is 0 Å². The van der Waals surface area contributed by atoms with E-state index >= 15 is 0 Å². The minimum absolute atomic E-state index is 0.341. The van der Waals surface area contributed by atoms with Gasteiger partial charge in [-0.1, -0.05) is 31.2 Å². The van der Waals surface area contributed by atoms with E-state index in [1.807, 2.05) is 6.92 Å². The van der Waals surface area contributed by atoms with E-state index in [9.17, 15) is 4.79 Å². The molecule has 1 aromatic rings. The third kappa shape index (κ3) is 2.33. The first-order valence-electron chi connectivity index (χ1n) is 4.43. The molecule has 0 aliphatic carbocycles. The van der Waals surface area contributed by atoms with Crippen molar-refractivity contribution >= 4 is 11.7 Å². The molecule has 0 saturated heterocycles. The van der Waals surface area contributed by atoms with Crippen molar-refractivity contribution in [1.82, 2.24) is 0 Å². The van der Waals surface area contributed by atoms with Gasteiger partial charge in [0, 0.05) is 0 Å². The van der Waals surface area contributed by atoms with Crippen LogP contribution in [0.5, 0.6) is 0 Å². The lowest BCUT2D eigenvalue weighted by Gasteiger charge is -2.03. The molecule has 0 fully saturated rings. The van der Waals surface area contributed by atoms with Gasteiger partial charge in [0.05, 0.1) is 18.7 Å². The summed E-state index contributed by atoms with van der Waals surface area (Å²) in [4.78, 5) is 14.7. The molecule has 0 amide bonds. The molecule has 0 N–H and O–H groups in total. The Morgan fingerprint density at radius 2 is 2.21 bits per heavy atom. The zero-order chi connectivity index (χ0) is 10.4. The molecule has 3 nitrogen and oxygen atoms in total. The Bertz CT molecular complexity index is 366. The Balaban J connectivity index is 2.85. The summed E-state index contributed by atoms with van der Waals surface area (Å²) in [5.41, 5.74) is 0.685. The molecule has 0 radical (unpaired) electrons. The number of nitrogens with zero attached hydrogens (tertiary/aromatic N) is 1. The fourth-order valence-corrected chi connectivity index (χ4v) is 1.02. The second-order valence-electron chi connectivity index (χ2n) is 2.76. The third-order valence-corrected chi connectivity index (χ3v) is 1.68. The lowest BCUT2D eigenvalue weighted by molar-refractivity contribution is 0.0506. The average Bonchev–Trinajstić information content (AvgIpc) is 2.25. The van der Waals surface area contributed by atoms with Crippen LogP contribution in [0, 0.1) is 6.57 Å². The minimum atomic E-state index is -0.418. The van der Waals surface area contributed by atoms with Gasteiger partial charge in [-0.3, -0.25) is 0 Å². The van der Waals surface area contributed by atoms with Crippen molar-refractivity contribution in [2.24, 2.45) is 0 Å². The molecule has 0 saturated carbocycles. The summed E-state index contributed by atoms with van der Waals surface area (Å²) in [5.74, 6) is -0.418. The van der Waals surface area contributed by atoms with Gasteiger partial charge in [-0.05, 0) is 6.42 Å². The molecule has 0 spiro atoms. The fourth-order valence-electron chi connectivity index (χ4n) is 1.02. The highest BCUT2D eigenvalue weighted by atomic mass is 16.5. The Kier molecular flexibility index (Phi) is 3.69. The molecular weight excluding hydrogens is 178 g/mol. The first-order valence-corrected chi connectivity index (χ1v) is 4.43. The van der Waals surface area contributed by atoms with Gasteiger partial charge in [0.25, 0.3) is 0 Å². The van der Waals surface area contributed by atoms with Gasteiger partial charge >= 0.3 is 5.97 Å². The first-order chi connectivity index (χ1) is 6.79. The topological polar surface area (TPSA) is 30.7 Å². The maximum Gasteiger partial charge on any atom is 0.327 e. The highest BCUT2D eigenvalue weighted by Gasteiger charge is 2.10. The molecule has 0 atom stereocenters. The van der Waals surface area contributed by atoms with Crippen LogP contribution in [0.4, 0.5) is 5.69 Å². The molecule has 3 heteroatoms. The van der Waals surface area contributed by atoms with Gasteiger partial charge in [0.1, 0.15) is 0 Å². The second-order valence-corrected chi connectivity index (χ2v) is 2.76. The molecule has 1 rings (SSSR count). The van der Waals surface area contributed by atoms with E-state index in [0.717, 1.165) is 6.42 Å². The summed E-state index contributed by atoms with van der Waals surface area (Å²) < 4.78 is 4.94. The molecule has 0 heterocycles. The molecule has 0 bridgehead atoms. The van der Waals surface area contributed by atoms with Gasteiger partial charge < -0.3 is 4.74 Å². The van der Waals surface area contributed by atoms with Crippen LogP contribution in [-0.2, 0) is 4.74 Å². The van der Waals surface area contributed by atoms with E-state index in [2.05, 4.69) is 4.85 Å². The lowest BCUT2D eigenvalue weighted by atomic mass is 10.2. The van der Waals surface area contributed by atoms with E-state index in [0.29, 0.717) is 17.9 Å². The van der Waals surface area contributed by atoms with Gasteiger partial charge in [0.2, 0.25) is 5.69 Å². The number of hydrogen-bond donors (Lipinski definition) is 0. The number of carbonyl (C=O) groups excluding carboxylic acids is 1. The predicted molar refractivity (Wildman–Crippen MR) is 53.3 cm³/mol. The summed E-state index contributed by atoms with van der Waals surface area (Å²) >= 11 is 0. The van der Waals surface area contributed by atoms with Gasteiger partial charge in [-0.15, -0.1) is 0 Å². The summed E-state index contributed by atoms with van der Waals surface area (Å²) in [6.45, 7) is 9.19. The van der Waals surface area contributed by atoms with Crippen molar-refractivity contribution in [3.05, 3.63) is 41.2 Å². The molecule has 1 aromatic carbocycles. The SMILES string of the molecule is [C-]#[N+]c1ccccc1C(=O)OCCC. The third-order valence-electron chi connectivity index (χ3n) is 1.68. The largest absolute Gasteiger partial charge is 0.463 e. The van der Waals surface area contributed by atoms with E-state index in [1.54, 1.807) is 24.3 Å². The van der Waals surface area contributed by atoms with Gasteiger partial charge in [-0.2, -0.15) is 0 Å². The first kappa shape index (κ1) is 10.3. The second kappa shape index (κ2) is 5.03. The van der Waals surface area contributed by atoms with Gasteiger partial charge in [0.15, 0.2) is 0 Å². The predicted octanol–water partition coefficient (Wildman–Crippen LogP) is 2.80. The lowest BCUT2D eigenvalue weighted by Crippen LogP contribution is -2.05.